The smallest absolute Gasteiger partial charge is 0.140 e. The fourth-order valence-electron chi connectivity index (χ4n) is 1.55. The topological polar surface area (TPSA) is 51.8 Å². The predicted octanol–water partition coefficient (Wildman–Crippen LogP) is 3.87. The number of aromatic nitrogens is 2. The van der Waals surface area contributed by atoms with Crippen LogP contribution in [0.3, 0.4) is 0 Å². The summed E-state index contributed by atoms with van der Waals surface area (Å²) in [6, 6.07) is 5.49. The molecule has 6 heteroatoms. The Kier molecular flexibility index (Phi) is 4.29. The van der Waals surface area contributed by atoms with Crippen LogP contribution in [0.5, 0.6) is 0 Å². The van der Waals surface area contributed by atoms with Crippen molar-refractivity contribution in [3.8, 4) is 0 Å². The summed E-state index contributed by atoms with van der Waals surface area (Å²) >= 11 is 14.0. The van der Waals surface area contributed by atoms with Gasteiger partial charge in [0.2, 0.25) is 0 Å². The maximum absolute atomic E-state index is 5.97. The molecule has 0 aliphatic rings. The second-order valence-corrected chi connectivity index (χ2v) is 5.74. The molecule has 0 atom stereocenters. The summed E-state index contributed by atoms with van der Waals surface area (Å²) in [5.74, 6) is 1.20. The largest absolute Gasteiger partial charge is 0.383 e. The van der Waals surface area contributed by atoms with E-state index in [1.807, 2.05) is 19.1 Å². The average Bonchev–Trinajstić information content (AvgIpc) is 2.31. The van der Waals surface area contributed by atoms with Gasteiger partial charge in [-0.1, -0.05) is 29.3 Å². The van der Waals surface area contributed by atoms with Crippen molar-refractivity contribution in [3.63, 3.8) is 0 Å². The maximum Gasteiger partial charge on any atom is 0.140 e. The van der Waals surface area contributed by atoms with Crippen LogP contribution in [0.25, 0.3) is 0 Å². The van der Waals surface area contributed by atoms with Crippen LogP contribution in [-0.4, -0.2) is 9.97 Å². The number of halogens is 3. The van der Waals surface area contributed by atoms with Crippen LogP contribution < -0.4 is 5.73 Å². The van der Waals surface area contributed by atoms with E-state index in [-0.39, 0.29) is 0 Å². The molecule has 0 spiro atoms. The molecule has 18 heavy (non-hydrogen) atoms. The molecule has 0 saturated heterocycles. The highest BCUT2D eigenvalue weighted by atomic mass is 127. The lowest BCUT2D eigenvalue weighted by molar-refractivity contribution is 0.940. The number of nitrogen functional groups attached to an aromatic ring is 1. The van der Waals surface area contributed by atoms with E-state index < -0.39 is 0 Å². The molecule has 2 rings (SSSR count). The third-order valence-electron chi connectivity index (χ3n) is 2.44. The van der Waals surface area contributed by atoms with E-state index in [0.717, 1.165) is 14.8 Å². The minimum atomic E-state index is 0.512. The van der Waals surface area contributed by atoms with Gasteiger partial charge in [-0.15, -0.1) is 0 Å². The molecule has 1 aromatic heterocycles. The van der Waals surface area contributed by atoms with Crippen molar-refractivity contribution in [2.45, 2.75) is 13.3 Å². The average molecular weight is 394 g/mol. The lowest BCUT2D eigenvalue weighted by Gasteiger charge is -2.06. The third-order valence-corrected chi connectivity index (χ3v) is 4.51. The monoisotopic (exact) mass is 393 g/mol. The van der Waals surface area contributed by atoms with Crippen LogP contribution >= 0.6 is 45.8 Å². The van der Waals surface area contributed by atoms with Crippen LogP contribution in [0, 0.1) is 10.5 Å². The molecular weight excluding hydrogens is 384 g/mol. The van der Waals surface area contributed by atoms with Gasteiger partial charge in [0.15, 0.2) is 0 Å². The number of hydrogen-bond donors (Lipinski definition) is 1. The van der Waals surface area contributed by atoms with Crippen LogP contribution in [0.1, 0.15) is 17.1 Å². The van der Waals surface area contributed by atoms with Crippen molar-refractivity contribution in [2.24, 2.45) is 0 Å². The summed E-state index contributed by atoms with van der Waals surface area (Å²) in [6.07, 6.45) is 0.582. The zero-order valence-electron chi connectivity index (χ0n) is 9.54. The highest BCUT2D eigenvalue weighted by molar-refractivity contribution is 14.1. The van der Waals surface area contributed by atoms with Crippen molar-refractivity contribution in [3.05, 3.63) is 48.9 Å². The molecule has 2 N–H and O–H groups in total. The fraction of sp³-hybridized carbons (Fsp3) is 0.167. The van der Waals surface area contributed by atoms with Gasteiger partial charge < -0.3 is 5.73 Å². The molecule has 0 saturated carbocycles. The summed E-state index contributed by atoms with van der Waals surface area (Å²) in [6.45, 7) is 1.91. The van der Waals surface area contributed by atoms with Gasteiger partial charge in [0.1, 0.15) is 11.6 Å². The van der Waals surface area contributed by atoms with E-state index in [4.69, 9.17) is 28.9 Å². The van der Waals surface area contributed by atoms with E-state index >= 15 is 0 Å². The molecule has 1 heterocycles. The quantitative estimate of drug-likeness (QED) is 0.788. The highest BCUT2D eigenvalue weighted by Gasteiger charge is 2.08. The first kappa shape index (κ1) is 13.8. The SMILES string of the molecule is Cc1nc(Cc2ccc(Cl)c(Cl)c2)nc(N)c1I. The van der Waals surface area contributed by atoms with Crippen LogP contribution in [0.15, 0.2) is 18.2 Å². The lowest BCUT2D eigenvalue weighted by atomic mass is 10.1. The fourth-order valence-corrected chi connectivity index (χ4v) is 2.11. The Balaban J connectivity index is 2.31. The Morgan fingerprint density at radius 2 is 1.94 bits per heavy atom. The number of rotatable bonds is 2. The Hall–Kier alpha value is -0.590. The molecular formula is C12H10Cl2IN3. The first-order valence-corrected chi connectivity index (χ1v) is 7.03. The molecule has 0 radical (unpaired) electrons. The summed E-state index contributed by atoms with van der Waals surface area (Å²) in [7, 11) is 0. The van der Waals surface area contributed by atoms with E-state index in [2.05, 4.69) is 32.6 Å². The standard InChI is InChI=1S/C12H10Cl2IN3/c1-6-11(15)12(16)18-10(17-6)5-7-2-3-8(13)9(14)4-7/h2-4H,5H2,1H3,(H2,16,17,18). The third kappa shape index (κ3) is 3.05. The van der Waals surface area contributed by atoms with Gasteiger partial charge in [-0.3, -0.25) is 0 Å². The molecule has 0 bridgehead atoms. The normalized spacial score (nSPS) is 10.7. The van der Waals surface area contributed by atoms with Gasteiger partial charge in [0, 0.05) is 6.42 Å². The predicted molar refractivity (Wildman–Crippen MR) is 83.2 cm³/mol. The van der Waals surface area contributed by atoms with Crippen molar-refractivity contribution < 1.29 is 0 Å². The summed E-state index contributed by atoms with van der Waals surface area (Å²) in [5.41, 5.74) is 7.71. The Labute approximate surface area is 129 Å². The summed E-state index contributed by atoms with van der Waals surface area (Å²) in [5, 5.41) is 1.07. The van der Waals surface area contributed by atoms with Crippen LogP contribution in [0.4, 0.5) is 5.82 Å². The lowest BCUT2D eigenvalue weighted by Crippen LogP contribution is -2.05. The number of benzene rings is 1. The van der Waals surface area contributed by atoms with E-state index in [0.29, 0.717) is 28.1 Å². The van der Waals surface area contributed by atoms with Gasteiger partial charge in [0.25, 0.3) is 0 Å². The van der Waals surface area contributed by atoms with E-state index in [1.54, 1.807) is 6.07 Å². The molecule has 2 aromatic rings. The minimum Gasteiger partial charge on any atom is -0.383 e. The van der Waals surface area contributed by atoms with Crippen molar-refractivity contribution in [1.82, 2.24) is 9.97 Å². The first-order valence-electron chi connectivity index (χ1n) is 5.20. The van der Waals surface area contributed by atoms with Crippen molar-refractivity contribution in [2.75, 3.05) is 5.73 Å². The minimum absolute atomic E-state index is 0.512. The van der Waals surface area contributed by atoms with Gasteiger partial charge >= 0.3 is 0 Å². The van der Waals surface area contributed by atoms with Crippen molar-refractivity contribution in [1.29, 1.82) is 0 Å². The van der Waals surface area contributed by atoms with Gasteiger partial charge in [-0.2, -0.15) is 0 Å². The molecule has 0 aliphatic heterocycles. The van der Waals surface area contributed by atoms with E-state index in [9.17, 15) is 0 Å². The number of nitrogens with two attached hydrogens (primary N) is 1. The van der Waals surface area contributed by atoms with Gasteiger partial charge in [-0.05, 0) is 47.2 Å². The van der Waals surface area contributed by atoms with E-state index in [1.165, 1.54) is 0 Å². The second-order valence-electron chi connectivity index (χ2n) is 3.85. The molecule has 94 valence electrons. The van der Waals surface area contributed by atoms with Crippen molar-refractivity contribution >= 4 is 51.6 Å². The second kappa shape index (κ2) is 5.59. The zero-order valence-corrected chi connectivity index (χ0v) is 13.2. The Morgan fingerprint density at radius 3 is 2.56 bits per heavy atom. The number of hydrogen-bond acceptors (Lipinski definition) is 3. The zero-order chi connectivity index (χ0) is 13.3. The highest BCUT2D eigenvalue weighted by Crippen LogP contribution is 2.24. The molecule has 0 fully saturated rings. The molecule has 3 nitrogen and oxygen atoms in total. The summed E-state index contributed by atoms with van der Waals surface area (Å²) < 4.78 is 0.894. The van der Waals surface area contributed by atoms with Gasteiger partial charge in [-0.25, -0.2) is 9.97 Å². The molecule has 1 aromatic carbocycles. The molecule has 0 aliphatic carbocycles. The van der Waals surface area contributed by atoms with Crippen LogP contribution in [0.2, 0.25) is 10.0 Å². The molecule has 0 amide bonds. The first-order chi connectivity index (χ1) is 8.47. The summed E-state index contributed by atoms with van der Waals surface area (Å²) in [4.78, 5) is 8.67. The van der Waals surface area contributed by atoms with Gasteiger partial charge in [0.05, 0.1) is 19.3 Å². The number of anilines is 1. The number of aryl methyl sites for hydroxylation is 1. The Bertz CT molecular complexity index is 579. The van der Waals surface area contributed by atoms with Crippen LogP contribution in [-0.2, 0) is 6.42 Å². The maximum atomic E-state index is 5.97. The Morgan fingerprint density at radius 1 is 1.22 bits per heavy atom. The molecule has 0 unspecified atom stereocenters. The number of nitrogens with zero attached hydrogens (tertiary/aromatic N) is 2.